The lowest BCUT2D eigenvalue weighted by atomic mass is 9.72. The average Bonchev–Trinajstić information content (AvgIpc) is 2.27. The van der Waals surface area contributed by atoms with Crippen LogP contribution in [0.25, 0.3) is 0 Å². The van der Waals surface area contributed by atoms with E-state index in [1.165, 1.54) is 12.0 Å². The largest absolute Gasteiger partial charge is 0.377 e. The lowest BCUT2D eigenvalue weighted by molar-refractivity contribution is -0.0966. The molecule has 0 radical (unpaired) electrons. The Morgan fingerprint density at radius 3 is 2.71 bits per heavy atom. The minimum atomic E-state index is 0.0249. The molecule has 1 atom stereocenters. The molecule has 0 saturated heterocycles. The third-order valence-corrected chi connectivity index (χ3v) is 4.15. The second-order valence-electron chi connectivity index (χ2n) is 4.80. The predicted molar refractivity (Wildman–Crippen MR) is 71.6 cm³/mol. The standard InChI is InChI=1S/C14H20ClNO/c1-16-13(14(17-2)7-4-8-14)10-11-5-3-6-12(15)9-11/h3,5-6,9,13,16H,4,7-8,10H2,1-2H3. The quantitative estimate of drug-likeness (QED) is 0.871. The minimum Gasteiger partial charge on any atom is -0.377 e. The first-order valence-electron chi connectivity index (χ1n) is 6.17. The normalized spacial score (nSPS) is 19.7. The van der Waals surface area contributed by atoms with Crippen LogP contribution in [0.5, 0.6) is 0 Å². The van der Waals surface area contributed by atoms with Crippen LogP contribution in [0.4, 0.5) is 0 Å². The van der Waals surface area contributed by atoms with Crippen LogP contribution in [0, 0.1) is 0 Å². The Hall–Kier alpha value is -0.570. The first-order chi connectivity index (χ1) is 8.20. The van der Waals surface area contributed by atoms with Crippen LogP contribution >= 0.6 is 11.6 Å². The fourth-order valence-corrected chi connectivity index (χ4v) is 2.88. The minimum absolute atomic E-state index is 0.0249. The topological polar surface area (TPSA) is 21.3 Å². The summed E-state index contributed by atoms with van der Waals surface area (Å²) in [6, 6.07) is 8.44. The van der Waals surface area contributed by atoms with Gasteiger partial charge in [-0.3, -0.25) is 0 Å². The van der Waals surface area contributed by atoms with Crippen molar-refractivity contribution >= 4 is 11.6 Å². The van der Waals surface area contributed by atoms with E-state index < -0.39 is 0 Å². The van der Waals surface area contributed by atoms with Crippen molar-refractivity contribution in [1.29, 1.82) is 0 Å². The molecule has 1 aliphatic rings. The summed E-state index contributed by atoms with van der Waals surface area (Å²) in [5, 5.41) is 4.20. The van der Waals surface area contributed by atoms with Gasteiger partial charge < -0.3 is 10.1 Å². The fourth-order valence-electron chi connectivity index (χ4n) is 2.67. The van der Waals surface area contributed by atoms with Crippen molar-refractivity contribution in [3.8, 4) is 0 Å². The summed E-state index contributed by atoms with van der Waals surface area (Å²) >= 11 is 6.02. The third-order valence-electron chi connectivity index (χ3n) is 3.92. The van der Waals surface area contributed by atoms with Gasteiger partial charge in [0.15, 0.2) is 0 Å². The number of hydrogen-bond acceptors (Lipinski definition) is 2. The van der Waals surface area contributed by atoms with Gasteiger partial charge in [0, 0.05) is 18.2 Å². The molecule has 2 rings (SSSR count). The molecule has 1 unspecified atom stereocenters. The summed E-state index contributed by atoms with van der Waals surface area (Å²) in [7, 11) is 3.83. The lowest BCUT2D eigenvalue weighted by Crippen LogP contribution is -2.56. The van der Waals surface area contributed by atoms with E-state index >= 15 is 0 Å². The highest BCUT2D eigenvalue weighted by atomic mass is 35.5. The highest BCUT2D eigenvalue weighted by molar-refractivity contribution is 6.30. The number of likely N-dealkylation sites (N-methyl/N-ethyl adjacent to an activating group) is 1. The third kappa shape index (κ3) is 2.65. The molecule has 1 saturated carbocycles. The van der Waals surface area contributed by atoms with Gasteiger partial charge in [0.05, 0.1) is 5.60 Å². The number of rotatable bonds is 5. The molecule has 0 spiro atoms. The van der Waals surface area contributed by atoms with Gasteiger partial charge in [-0.05, 0) is 50.4 Å². The zero-order valence-electron chi connectivity index (χ0n) is 10.5. The van der Waals surface area contributed by atoms with Gasteiger partial charge in [-0.1, -0.05) is 23.7 Å². The predicted octanol–water partition coefficient (Wildman–Crippen LogP) is 3.04. The summed E-state index contributed by atoms with van der Waals surface area (Å²) in [4.78, 5) is 0. The molecule has 17 heavy (non-hydrogen) atoms. The van der Waals surface area contributed by atoms with E-state index in [2.05, 4.69) is 11.4 Å². The van der Waals surface area contributed by atoms with Crippen molar-refractivity contribution in [1.82, 2.24) is 5.32 Å². The molecule has 0 aromatic heterocycles. The molecule has 1 aliphatic carbocycles. The number of hydrogen-bond donors (Lipinski definition) is 1. The Bertz CT molecular complexity index is 371. The summed E-state index contributed by atoms with van der Waals surface area (Å²) in [5.74, 6) is 0. The first-order valence-corrected chi connectivity index (χ1v) is 6.55. The molecule has 0 heterocycles. The molecule has 0 aliphatic heterocycles. The van der Waals surface area contributed by atoms with E-state index in [0.717, 1.165) is 24.3 Å². The molecule has 1 aromatic carbocycles. The van der Waals surface area contributed by atoms with Crippen LogP contribution in [0.3, 0.4) is 0 Å². The molecule has 1 fully saturated rings. The van der Waals surface area contributed by atoms with Crippen molar-refractivity contribution in [3.05, 3.63) is 34.9 Å². The van der Waals surface area contributed by atoms with Crippen molar-refractivity contribution in [2.45, 2.75) is 37.3 Å². The summed E-state index contributed by atoms with van der Waals surface area (Å²) < 4.78 is 5.73. The number of benzene rings is 1. The van der Waals surface area contributed by atoms with Crippen molar-refractivity contribution < 1.29 is 4.74 Å². The average molecular weight is 254 g/mol. The Morgan fingerprint density at radius 2 is 2.24 bits per heavy atom. The van der Waals surface area contributed by atoms with Gasteiger partial charge in [-0.25, -0.2) is 0 Å². The SMILES string of the molecule is CNC(Cc1cccc(Cl)c1)C1(OC)CCC1. The Kier molecular flexibility index (Phi) is 4.08. The number of halogens is 1. The number of nitrogens with one attached hydrogen (secondary N) is 1. The number of ether oxygens (including phenoxy) is 1. The summed E-state index contributed by atoms with van der Waals surface area (Å²) in [5.41, 5.74) is 1.29. The molecule has 1 N–H and O–H groups in total. The van der Waals surface area contributed by atoms with E-state index in [9.17, 15) is 0 Å². The maximum atomic E-state index is 6.02. The molecule has 1 aromatic rings. The van der Waals surface area contributed by atoms with Gasteiger partial charge in [0.2, 0.25) is 0 Å². The van der Waals surface area contributed by atoms with E-state index in [-0.39, 0.29) is 5.60 Å². The molecule has 94 valence electrons. The Morgan fingerprint density at radius 1 is 1.47 bits per heavy atom. The van der Waals surface area contributed by atoms with Crippen LogP contribution in [-0.2, 0) is 11.2 Å². The first kappa shape index (κ1) is 12.9. The highest BCUT2D eigenvalue weighted by Crippen LogP contribution is 2.39. The molecular formula is C14H20ClNO. The van der Waals surface area contributed by atoms with Gasteiger partial charge in [-0.15, -0.1) is 0 Å². The van der Waals surface area contributed by atoms with Crippen molar-refractivity contribution in [2.24, 2.45) is 0 Å². The molecular weight excluding hydrogens is 234 g/mol. The Labute approximate surface area is 108 Å². The lowest BCUT2D eigenvalue weighted by Gasteiger charge is -2.46. The second kappa shape index (κ2) is 5.38. The van der Waals surface area contributed by atoms with Crippen molar-refractivity contribution in [2.75, 3.05) is 14.2 Å². The Balaban J connectivity index is 2.09. The van der Waals surface area contributed by atoms with E-state index in [4.69, 9.17) is 16.3 Å². The van der Waals surface area contributed by atoms with Gasteiger partial charge in [-0.2, -0.15) is 0 Å². The smallest absolute Gasteiger partial charge is 0.0834 e. The van der Waals surface area contributed by atoms with Gasteiger partial charge in [0.25, 0.3) is 0 Å². The molecule has 2 nitrogen and oxygen atoms in total. The monoisotopic (exact) mass is 253 g/mol. The van der Waals surface area contributed by atoms with E-state index in [0.29, 0.717) is 6.04 Å². The van der Waals surface area contributed by atoms with Gasteiger partial charge in [0.1, 0.15) is 0 Å². The maximum Gasteiger partial charge on any atom is 0.0834 e. The van der Waals surface area contributed by atoms with Crippen LogP contribution < -0.4 is 5.32 Å². The summed E-state index contributed by atoms with van der Waals surface area (Å²) in [6.07, 6.45) is 4.53. The van der Waals surface area contributed by atoms with Crippen LogP contribution in [-0.4, -0.2) is 25.8 Å². The van der Waals surface area contributed by atoms with Crippen molar-refractivity contribution in [3.63, 3.8) is 0 Å². The molecule has 0 amide bonds. The van der Waals surface area contributed by atoms with Crippen LogP contribution in [0.15, 0.2) is 24.3 Å². The number of methoxy groups -OCH3 is 1. The maximum absolute atomic E-state index is 6.02. The van der Waals surface area contributed by atoms with Crippen LogP contribution in [0.1, 0.15) is 24.8 Å². The van der Waals surface area contributed by atoms with E-state index in [1.54, 1.807) is 0 Å². The molecule has 0 bridgehead atoms. The van der Waals surface area contributed by atoms with Crippen LogP contribution in [0.2, 0.25) is 5.02 Å². The zero-order valence-corrected chi connectivity index (χ0v) is 11.3. The second-order valence-corrected chi connectivity index (χ2v) is 5.23. The van der Waals surface area contributed by atoms with Gasteiger partial charge >= 0.3 is 0 Å². The summed E-state index contributed by atoms with van der Waals surface area (Å²) in [6.45, 7) is 0. The fraction of sp³-hybridized carbons (Fsp3) is 0.571. The van der Waals surface area contributed by atoms with E-state index in [1.807, 2.05) is 32.4 Å². The highest BCUT2D eigenvalue weighted by Gasteiger charge is 2.43. The zero-order chi connectivity index (χ0) is 12.3. The molecule has 3 heteroatoms.